The summed E-state index contributed by atoms with van der Waals surface area (Å²) in [5.74, 6) is -0.711. The Morgan fingerprint density at radius 2 is 1.94 bits per heavy atom. The third-order valence-corrected chi connectivity index (χ3v) is 2.65. The molecule has 0 amide bonds. The first-order chi connectivity index (χ1) is 7.92. The van der Waals surface area contributed by atoms with Crippen molar-refractivity contribution in [3.63, 3.8) is 0 Å². The molecule has 0 saturated carbocycles. The number of carbonyl (C=O) groups is 2. The minimum Gasteiger partial charge on any atom is -0.465 e. The maximum Gasteiger partial charge on any atom is 0.319 e. The van der Waals surface area contributed by atoms with Gasteiger partial charge in [-0.25, -0.2) is 0 Å². The van der Waals surface area contributed by atoms with Crippen molar-refractivity contribution in [2.24, 2.45) is 5.41 Å². The van der Waals surface area contributed by atoms with E-state index in [0.717, 1.165) is 5.57 Å². The SMILES string of the molecule is C=C/C=C(\C=C)CC(C)(C(C)=O)C(=O)OCC. The summed E-state index contributed by atoms with van der Waals surface area (Å²) in [6.07, 6.45) is 5.22. The van der Waals surface area contributed by atoms with Crippen molar-refractivity contribution in [2.45, 2.75) is 27.2 Å². The highest BCUT2D eigenvalue weighted by Gasteiger charge is 2.39. The monoisotopic (exact) mass is 236 g/mol. The van der Waals surface area contributed by atoms with Gasteiger partial charge in [-0.1, -0.05) is 31.4 Å². The van der Waals surface area contributed by atoms with Gasteiger partial charge in [-0.3, -0.25) is 9.59 Å². The molecule has 1 atom stereocenters. The number of hydrogen-bond donors (Lipinski definition) is 0. The fraction of sp³-hybridized carbons (Fsp3) is 0.429. The summed E-state index contributed by atoms with van der Waals surface area (Å²) in [4.78, 5) is 23.5. The van der Waals surface area contributed by atoms with E-state index in [1.165, 1.54) is 6.92 Å². The van der Waals surface area contributed by atoms with Gasteiger partial charge in [-0.2, -0.15) is 0 Å². The van der Waals surface area contributed by atoms with E-state index in [9.17, 15) is 9.59 Å². The largest absolute Gasteiger partial charge is 0.465 e. The zero-order valence-electron chi connectivity index (χ0n) is 10.8. The second-order valence-corrected chi connectivity index (χ2v) is 3.97. The lowest BCUT2D eigenvalue weighted by Gasteiger charge is -2.24. The average Bonchev–Trinajstić information content (AvgIpc) is 2.28. The lowest BCUT2D eigenvalue weighted by Crippen LogP contribution is -2.37. The number of carbonyl (C=O) groups excluding carboxylic acids is 2. The molecule has 0 spiro atoms. The first-order valence-electron chi connectivity index (χ1n) is 5.54. The summed E-state index contributed by atoms with van der Waals surface area (Å²) < 4.78 is 4.94. The molecule has 0 aromatic heterocycles. The van der Waals surface area contributed by atoms with Crippen molar-refractivity contribution in [1.29, 1.82) is 0 Å². The maximum atomic E-state index is 11.8. The van der Waals surface area contributed by atoms with E-state index in [1.54, 1.807) is 32.1 Å². The molecule has 3 heteroatoms. The van der Waals surface area contributed by atoms with Gasteiger partial charge in [0.1, 0.15) is 11.2 Å². The van der Waals surface area contributed by atoms with Crippen molar-refractivity contribution in [3.8, 4) is 0 Å². The zero-order valence-corrected chi connectivity index (χ0v) is 10.8. The summed E-state index contributed by atoms with van der Waals surface area (Å²) in [5, 5.41) is 0. The molecule has 0 bridgehead atoms. The second kappa shape index (κ2) is 6.84. The van der Waals surface area contributed by atoms with Gasteiger partial charge in [0.2, 0.25) is 0 Å². The smallest absolute Gasteiger partial charge is 0.319 e. The molecule has 0 aliphatic carbocycles. The quantitative estimate of drug-likeness (QED) is 0.388. The van der Waals surface area contributed by atoms with Crippen LogP contribution in [0.15, 0.2) is 37.0 Å². The van der Waals surface area contributed by atoms with Crippen molar-refractivity contribution in [1.82, 2.24) is 0 Å². The molecule has 0 N–H and O–H groups in total. The van der Waals surface area contributed by atoms with Gasteiger partial charge in [0.15, 0.2) is 0 Å². The number of allylic oxidation sites excluding steroid dienone is 4. The van der Waals surface area contributed by atoms with Crippen LogP contribution in [-0.2, 0) is 14.3 Å². The van der Waals surface area contributed by atoms with E-state index in [4.69, 9.17) is 4.74 Å². The first kappa shape index (κ1) is 15.4. The highest BCUT2D eigenvalue weighted by atomic mass is 16.5. The molecule has 0 heterocycles. The maximum absolute atomic E-state index is 11.8. The van der Waals surface area contributed by atoms with E-state index in [0.29, 0.717) is 0 Å². The molecular formula is C14H20O3. The van der Waals surface area contributed by atoms with E-state index >= 15 is 0 Å². The van der Waals surface area contributed by atoms with Gasteiger partial charge in [-0.15, -0.1) is 0 Å². The van der Waals surface area contributed by atoms with E-state index < -0.39 is 11.4 Å². The first-order valence-corrected chi connectivity index (χ1v) is 5.54. The van der Waals surface area contributed by atoms with Crippen LogP contribution in [-0.4, -0.2) is 18.4 Å². The summed E-state index contributed by atoms with van der Waals surface area (Å²) >= 11 is 0. The van der Waals surface area contributed by atoms with E-state index in [2.05, 4.69) is 13.2 Å². The van der Waals surface area contributed by atoms with Crippen molar-refractivity contribution >= 4 is 11.8 Å². The van der Waals surface area contributed by atoms with Gasteiger partial charge in [0.05, 0.1) is 6.61 Å². The Labute approximate surface area is 103 Å². The standard InChI is InChI=1S/C14H20O3/c1-6-9-12(7-2)10-14(5,11(4)15)13(16)17-8-3/h6-7,9H,1-2,8,10H2,3-5H3/b12-9+. The topological polar surface area (TPSA) is 43.4 Å². The van der Waals surface area contributed by atoms with Crippen LogP contribution in [0.2, 0.25) is 0 Å². The molecule has 0 aromatic rings. The van der Waals surface area contributed by atoms with Crippen LogP contribution in [0.3, 0.4) is 0 Å². The Bertz CT molecular complexity index is 352. The molecule has 0 aliphatic rings. The predicted molar refractivity (Wildman–Crippen MR) is 68.5 cm³/mol. The average molecular weight is 236 g/mol. The van der Waals surface area contributed by atoms with Gasteiger partial charge in [0, 0.05) is 0 Å². The second-order valence-electron chi connectivity index (χ2n) is 3.97. The number of ketones is 1. The zero-order chi connectivity index (χ0) is 13.5. The molecule has 0 fully saturated rings. The Morgan fingerprint density at radius 1 is 1.35 bits per heavy atom. The molecule has 17 heavy (non-hydrogen) atoms. The molecule has 0 aliphatic heterocycles. The van der Waals surface area contributed by atoms with Gasteiger partial charge in [-0.05, 0) is 32.8 Å². The Hall–Kier alpha value is -1.64. The van der Waals surface area contributed by atoms with E-state index in [1.807, 2.05) is 0 Å². The Kier molecular flexibility index (Phi) is 6.18. The molecule has 94 valence electrons. The van der Waals surface area contributed by atoms with Crippen LogP contribution < -0.4 is 0 Å². The molecular weight excluding hydrogens is 216 g/mol. The lowest BCUT2D eigenvalue weighted by atomic mass is 9.80. The normalized spacial score (nSPS) is 14.6. The van der Waals surface area contributed by atoms with Crippen molar-refractivity contribution in [2.75, 3.05) is 6.61 Å². The minimum absolute atomic E-state index is 0.215. The molecule has 3 nitrogen and oxygen atoms in total. The number of ether oxygens (including phenoxy) is 1. The van der Waals surface area contributed by atoms with Gasteiger partial charge >= 0.3 is 5.97 Å². The van der Waals surface area contributed by atoms with Crippen LogP contribution >= 0.6 is 0 Å². The number of Topliss-reactive ketones (excluding diaryl/α,β-unsaturated/α-hetero) is 1. The number of rotatable bonds is 7. The predicted octanol–water partition coefficient (Wildman–Crippen LogP) is 2.83. The molecule has 1 unspecified atom stereocenters. The fourth-order valence-corrected chi connectivity index (χ4v) is 1.39. The molecule has 0 rings (SSSR count). The fourth-order valence-electron chi connectivity index (χ4n) is 1.39. The summed E-state index contributed by atoms with van der Waals surface area (Å²) in [6, 6.07) is 0. The van der Waals surface area contributed by atoms with Gasteiger partial charge < -0.3 is 4.74 Å². The third-order valence-electron chi connectivity index (χ3n) is 2.65. The van der Waals surface area contributed by atoms with Crippen LogP contribution in [0.4, 0.5) is 0 Å². The van der Waals surface area contributed by atoms with Crippen molar-refractivity contribution < 1.29 is 14.3 Å². The highest BCUT2D eigenvalue weighted by molar-refractivity contribution is 6.02. The number of hydrogen-bond acceptors (Lipinski definition) is 3. The highest BCUT2D eigenvalue weighted by Crippen LogP contribution is 2.29. The molecule has 0 radical (unpaired) electrons. The van der Waals surface area contributed by atoms with Crippen LogP contribution in [0, 0.1) is 5.41 Å². The summed E-state index contributed by atoms with van der Waals surface area (Å²) in [5.41, 5.74) is -0.371. The van der Waals surface area contributed by atoms with Gasteiger partial charge in [0.25, 0.3) is 0 Å². The lowest BCUT2D eigenvalue weighted by molar-refractivity contribution is -0.158. The summed E-state index contributed by atoms with van der Waals surface area (Å²) in [6.45, 7) is 12.2. The van der Waals surface area contributed by atoms with Crippen molar-refractivity contribution in [3.05, 3.63) is 37.0 Å². The van der Waals surface area contributed by atoms with Crippen LogP contribution in [0.5, 0.6) is 0 Å². The number of esters is 1. The Morgan fingerprint density at radius 3 is 2.29 bits per heavy atom. The summed E-state index contributed by atoms with van der Waals surface area (Å²) in [7, 11) is 0. The minimum atomic E-state index is -1.15. The van der Waals surface area contributed by atoms with E-state index in [-0.39, 0.29) is 18.8 Å². The molecule has 0 saturated heterocycles. The third kappa shape index (κ3) is 4.02. The van der Waals surface area contributed by atoms with Crippen LogP contribution in [0.25, 0.3) is 0 Å². The molecule has 0 aromatic carbocycles. The van der Waals surface area contributed by atoms with Crippen LogP contribution in [0.1, 0.15) is 27.2 Å². The Balaban J connectivity index is 5.15.